The van der Waals surface area contributed by atoms with Gasteiger partial charge in [-0.05, 0) is 42.8 Å². The highest BCUT2D eigenvalue weighted by atomic mass is 19.1. The van der Waals surface area contributed by atoms with Crippen molar-refractivity contribution < 1.29 is 14.3 Å². The first-order chi connectivity index (χ1) is 10.1. The molecule has 0 radical (unpaired) electrons. The van der Waals surface area contributed by atoms with Crippen LogP contribution < -0.4 is 4.90 Å². The Morgan fingerprint density at radius 2 is 2.10 bits per heavy atom. The van der Waals surface area contributed by atoms with E-state index in [4.69, 9.17) is 5.11 Å². The zero-order valence-corrected chi connectivity index (χ0v) is 11.5. The van der Waals surface area contributed by atoms with Gasteiger partial charge in [-0.3, -0.25) is 0 Å². The summed E-state index contributed by atoms with van der Waals surface area (Å²) in [6.45, 7) is 2.48. The van der Waals surface area contributed by atoms with Crippen molar-refractivity contribution in [1.29, 1.82) is 0 Å². The topological polar surface area (TPSA) is 53.4 Å². The summed E-state index contributed by atoms with van der Waals surface area (Å²) in [5.74, 6) is -0.716. The van der Waals surface area contributed by atoms with Gasteiger partial charge in [-0.25, -0.2) is 14.2 Å². The number of carboxylic acids is 1. The number of benzene rings is 1. The maximum atomic E-state index is 13.9. The van der Waals surface area contributed by atoms with Gasteiger partial charge >= 0.3 is 5.97 Å². The summed E-state index contributed by atoms with van der Waals surface area (Å²) in [5, 5.41) is 8.58. The van der Waals surface area contributed by atoms with Crippen LogP contribution in [-0.2, 0) is 4.79 Å². The quantitative estimate of drug-likeness (QED) is 0.855. The van der Waals surface area contributed by atoms with Crippen molar-refractivity contribution in [3.63, 3.8) is 0 Å². The molecule has 5 heteroatoms. The number of aliphatic carboxylic acids is 1. The Bertz CT molecular complexity index is 654. The van der Waals surface area contributed by atoms with E-state index >= 15 is 0 Å². The number of carboxylic acid groups (broad SMARTS) is 1. The van der Waals surface area contributed by atoms with Gasteiger partial charge in [0.25, 0.3) is 0 Å². The predicted molar refractivity (Wildman–Crippen MR) is 80.0 cm³/mol. The van der Waals surface area contributed by atoms with Gasteiger partial charge in [0, 0.05) is 18.8 Å². The molecule has 108 valence electrons. The standard InChI is InChI=1S/C16H15FN2O2/c1-2-19(14-6-4-3-5-13(14)17)15-9-7-12(11-18-15)8-10-16(20)21/h3-11H,2H2,1H3,(H,20,21)/b10-8+. The second-order valence-electron chi connectivity index (χ2n) is 4.32. The van der Waals surface area contributed by atoms with E-state index in [0.717, 1.165) is 6.08 Å². The molecule has 0 amide bonds. The molecule has 1 aromatic carbocycles. The Kier molecular flexibility index (Phi) is 4.66. The molecule has 1 aromatic heterocycles. The first-order valence-corrected chi connectivity index (χ1v) is 6.51. The molecule has 4 nitrogen and oxygen atoms in total. The molecule has 0 unspecified atom stereocenters. The molecule has 1 N–H and O–H groups in total. The summed E-state index contributed by atoms with van der Waals surface area (Å²) in [6.07, 6.45) is 4.06. The molecule has 0 aliphatic heterocycles. The van der Waals surface area contributed by atoms with Crippen LogP contribution in [0.15, 0.2) is 48.7 Å². The number of anilines is 2. The number of halogens is 1. The fourth-order valence-corrected chi connectivity index (χ4v) is 1.95. The van der Waals surface area contributed by atoms with Crippen molar-refractivity contribution in [2.45, 2.75) is 6.92 Å². The van der Waals surface area contributed by atoms with Gasteiger partial charge in [-0.1, -0.05) is 12.1 Å². The lowest BCUT2D eigenvalue weighted by Crippen LogP contribution is -2.18. The van der Waals surface area contributed by atoms with Crippen molar-refractivity contribution in [1.82, 2.24) is 4.98 Å². The molecule has 21 heavy (non-hydrogen) atoms. The lowest BCUT2D eigenvalue weighted by Gasteiger charge is -2.22. The van der Waals surface area contributed by atoms with E-state index in [1.807, 2.05) is 6.92 Å². The maximum Gasteiger partial charge on any atom is 0.328 e. The minimum atomic E-state index is -1.01. The Morgan fingerprint density at radius 3 is 2.67 bits per heavy atom. The lowest BCUT2D eigenvalue weighted by molar-refractivity contribution is -0.131. The second-order valence-corrected chi connectivity index (χ2v) is 4.32. The van der Waals surface area contributed by atoms with Crippen molar-refractivity contribution in [3.05, 3.63) is 60.1 Å². The zero-order chi connectivity index (χ0) is 15.2. The van der Waals surface area contributed by atoms with E-state index in [9.17, 15) is 9.18 Å². The molecular weight excluding hydrogens is 271 g/mol. The lowest BCUT2D eigenvalue weighted by atomic mass is 10.2. The smallest absolute Gasteiger partial charge is 0.328 e. The summed E-state index contributed by atoms with van der Waals surface area (Å²) in [6, 6.07) is 9.98. The van der Waals surface area contributed by atoms with Crippen LogP contribution in [-0.4, -0.2) is 22.6 Å². The van der Waals surface area contributed by atoms with Crippen molar-refractivity contribution in [2.75, 3.05) is 11.4 Å². The third-order valence-corrected chi connectivity index (χ3v) is 2.93. The normalized spacial score (nSPS) is 10.8. The second kappa shape index (κ2) is 6.65. The van der Waals surface area contributed by atoms with Crippen LogP contribution in [0.1, 0.15) is 12.5 Å². The molecule has 0 aliphatic carbocycles. The van der Waals surface area contributed by atoms with Gasteiger partial charge < -0.3 is 10.0 Å². The average Bonchev–Trinajstić information content (AvgIpc) is 2.49. The molecule has 1 heterocycles. The highest BCUT2D eigenvalue weighted by Crippen LogP contribution is 2.25. The molecule has 0 saturated heterocycles. The summed E-state index contributed by atoms with van der Waals surface area (Å²) in [7, 11) is 0. The van der Waals surface area contributed by atoms with Crippen molar-refractivity contribution in [2.24, 2.45) is 0 Å². The van der Waals surface area contributed by atoms with Crippen LogP contribution in [0.3, 0.4) is 0 Å². The monoisotopic (exact) mass is 286 g/mol. The highest BCUT2D eigenvalue weighted by Gasteiger charge is 2.12. The van der Waals surface area contributed by atoms with Crippen LogP contribution in [0.25, 0.3) is 6.08 Å². The van der Waals surface area contributed by atoms with Crippen LogP contribution in [0, 0.1) is 5.82 Å². The first kappa shape index (κ1) is 14.7. The molecular formula is C16H15FN2O2. The number of hydrogen-bond acceptors (Lipinski definition) is 3. The number of para-hydroxylation sites is 1. The summed E-state index contributed by atoms with van der Waals surface area (Å²) in [4.78, 5) is 16.5. The van der Waals surface area contributed by atoms with Gasteiger partial charge in [0.15, 0.2) is 0 Å². The number of rotatable bonds is 5. The Morgan fingerprint density at radius 1 is 1.33 bits per heavy atom. The SMILES string of the molecule is CCN(c1ccc(/C=C/C(=O)O)cn1)c1ccccc1F. The van der Waals surface area contributed by atoms with E-state index in [0.29, 0.717) is 23.6 Å². The fourth-order valence-electron chi connectivity index (χ4n) is 1.95. The molecule has 0 atom stereocenters. The molecule has 0 aliphatic rings. The van der Waals surface area contributed by atoms with E-state index in [-0.39, 0.29) is 5.82 Å². The number of pyridine rings is 1. The molecule has 0 saturated carbocycles. The van der Waals surface area contributed by atoms with Gasteiger partial charge in [0.2, 0.25) is 0 Å². The highest BCUT2D eigenvalue weighted by molar-refractivity contribution is 5.85. The van der Waals surface area contributed by atoms with Crippen molar-refractivity contribution in [3.8, 4) is 0 Å². The van der Waals surface area contributed by atoms with Crippen LogP contribution >= 0.6 is 0 Å². The first-order valence-electron chi connectivity index (χ1n) is 6.51. The van der Waals surface area contributed by atoms with Gasteiger partial charge in [-0.15, -0.1) is 0 Å². The van der Waals surface area contributed by atoms with E-state index in [1.165, 1.54) is 12.1 Å². The fraction of sp³-hybridized carbons (Fsp3) is 0.125. The number of carbonyl (C=O) groups is 1. The number of nitrogens with zero attached hydrogens (tertiary/aromatic N) is 2. The molecule has 2 aromatic rings. The Labute approximate surface area is 122 Å². The molecule has 2 rings (SSSR count). The minimum absolute atomic E-state index is 0.309. The zero-order valence-electron chi connectivity index (χ0n) is 11.5. The minimum Gasteiger partial charge on any atom is -0.478 e. The predicted octanol–water partition coefficient (Wildman–Crippen LogP) is 3.48. The molecule has 0 fully saturated rings. The third-order valence-electron chi connectivity index (χ3n) is 2.93. The van der Waals surface area contributed by atoms with Crippen LogP contribution in [0.2, 0.25) is 0 Å². The molecule has 0 spiro atoms. The summed E-state index contributed by atoms with van der Waals surface area (Å²) in [5.41, 5.74) is 1.13. The average molecular weight is 286 g/mol. The van der Waals surface area contributed by atoms with Crippen LogP contribution in [0.4, 0.5) is 15.9 Å². The summed E-state index contributed by atoms with van der Waals surface area (Å²) < 4.78 is 13.9. The summed E-state index contributed by atoms with van der Waals surface area (Å²) >= 11 is 0. The molecule has 0 bridgehead atoms. The van der Waals surface area contributed by atoms with E-state index < -0.39 is 5.97 Å². The number of aromatic nitrogens is 1. The largest absolute Gasteiger partial charge is 0.478 e. The Hall–Kier alpha value is -2.69. The maximum absolute atomic E-state index is 13.9. The third kappa shape index (κ3) is 3.66. The van der Waals surface area contributed by atoms with Gasteiger partial charge in [-0.2, -0.15) is 0 Å². The van der Waals surface area contributed by atoms with Gasteiger partial charge in [0.05, 0.1) is 5.69 Å². The van der Waals surface area contributed by atoms with Crippen molar-refractivity contribution >= 4 is 23.6 Å². The number of hydrogen-bond donors (Lipinski definition) is 1. The van der Waals surface area contributed by atoms with Crippen LogP contribution in [0.5, 0.6) is 0 Å². The van der Waals surface area contributed by atoms with E-state index in [2.05, 4.69) is 4.98 Å². The van der Waals surface area contributed by atoms with Gasteiger partial charge in [0.1, 0.15) is 11.6 Å². The van der Waals surface area contributed by atoms with E-state index in [1.54, 1.807) is 41.4 Å². The Balaban J connectivity index is 2.28.